The molecule has 7 nitrogen and oxygen atoms in total. The van der Waals surface area contributed by atoms with Crippen LogP contribution < -0.4 is 10.6 Å². The molecule has 22 heavy (non-hydrogen) atoms. The van der Waals surface area contributed by atoms with Gasteiger partial charge in [0.2, 0.25) is 5.89 Å². The Morgan fingerprint density at radius 1 is 1.45 bits per heavy atom. The van der Waals surface area contributed by atoms with Crippen LogP contribution in [0.2, 0.25) is 0 Å². The first kappa shape index (κ1) is 16.7. The first-order valence-corrected chi connectivity index (χ1v) is 8.02. The number of nitrogens with zero attached hydrogens (tertiary/aromatic N) is 2. The highest BCUT2D eigenvalue weighted by Gasteiger charge is 2.21. The summed E-state index contributed by atoms with van der Waals surface area (Å²) in [6.45, 7) is 6.80. The second-order valence-electron chi connectivity index (χ2n) is 5.97. The molecule has 0 saturated heterocycles. The number of hydrogen-bond acceptors (Lipinski definition) is 5. The van der Waals surface area contributed by atoms with Crippen molar-refractivity contribution in [1.29, 1.82) is 0 Å². The zero-order valence-electron chi connectivity index (χ0n) is 13.6. The van der Waals surface area contributed by atoms with Crippen LogP contribution in [0.15, 0.2) is 4.52 Å². The number of nitrogens with one attached hydrogen (secondary N) is 2. The summed E-state index contributed by atoms with van der Waals surface area (Å²) in [4.78, 5) is 15.9. The van der Waals surface area contributed by atoms with Crippen LogP contribution in [0.1, 0.15) is 57.3 Å². The molecule has 0 aromatic carbocycles. The van der Waals surface area contributed by atoms with Crippen molar-refractivity contribution in [3.63, 3.8) is 0 Å². The van der Waals surface area contributed by atoms with Crippen LogP contribution in [0.5, 0.6) is 0 Å². The molecule has 7 heteroatoms. The van der Waals surface area contributed by atoms with E-state index >= 15 is 0 Å². The summed E-state index contributed by atoms with van der Waals surface area (Å²) in [6.07, 6.45) is 5.23. The van der Waals surface area contributed by atoms with E-state index in [-0.39, 0.29) is 12.1 Å². The van der Waals surface area contributed by atoms with Gasteiger partial charge in [-0.05, 0) is 32.6 Å². The van der Waals surface area contributed by atoms with Gasteiger partial charge in [0.25, 0.3) is 0 Å². The maximum Gasteiger partial charge on any atom is 0.315 e. The van der Waals surface area contributed by atoms with Crippen LogP contribution in [0.25, 0.3) is 0 Å². The molecule has 0 radical (unpaired) electrons. The van der Waals surface area contributed by atoms with Gasteiger partial charge in [-0.15, -0.1) is 0 Å². The summed E-state index contributed by atoms with van der Waals surface area (Å²) in [5.41, 5.74) is 0. The molecule has 1 aromatic rings. The maximum atomic E-state index is 11.8. The maximum absolute atomic E-state index is 11.8. The van der Waals surface area contributed by atoms with E-state index in [2.05, 4.69) is 27.7 Å². The van der Waals surface area contributed by atoms with Crippen molar-refractivity contribution in [2.75, 3.05) is 13.2 Å². The number of rotatable bonds is 6. The first-order chi connectivity index (χ1) is 10.6. The topological polar surface area (TPSA) is 89.3 Å². The fraction of sp³-hybridized carbons (Fsp3) is 0.800. The average molecular weight is 310 g/mol. The lowest BCUT2D eigenvalue weighted by atomic mass is 9.88. The van der Waals surface area contributed by atoms with Crippen LogP contribution >= 0.6 is 0 Å². The standard InChI is InChI=1S/C15H26N4O3/c1-10-6-4-5-7-13(10)21-9-8-16-15(20)17-11(2)14-18-12(3)19-22-14/h10-11,13H,4-9H2,1-3H3,(H2,16,17,20)/t10-,11-,13-/m0/s1. The van der Waals surface area contributed by atoms with Crippen molar-refractivity contribution in [3.8, 4) is 0 Å². The highest BCUT2D eigenvalue weighted by molar-refractivity contribution is 5.74. The lowest BCUT2D eigenvalue weighted by Gasteiger charge is -2.28. The Morgan fingerprint density at radius 2 is 2.23 bits per heavy atom. The molecule has 2 amide bonds. The molecular formula is C15H26N4O3. The Bertz CT molecular complexity index is 477. The van der Waals surface area contributed by atoms with Crippen molar-refractivity contribution in [1.82, 2.24) is 20.8 Å². The first-order valence-electron chi connectivity index (χ1n) is 8.02. The molecule has 0 bridgehead atoms. The molecule has 3 atom stereocenters. The molecule has 0 unspecified atom stereocenters. The third-order valence-corrected chi connectivity index (χ3v) is 4.01. The Hall–Kier alpha value is -1.63. The average Bonchev–Trinajstić information content (AvgIpc) is 2.92. The van der Waals surface area contributed by atoms with Crippen molar-refractivity contribution in [3.05, 3.63) is 11.7 Å². The molecule has 1 fully saturated rings. The normalized spacial score (nSPS) is 23.0. The molecular weight excluding hydrogens is 284 g/mol. The smallest absolute Gasteiger partial charge is 0.315 e. The summed E-state index contributed by atoms with van der Waals surface area (Å²) in [7, 11) is 0. The summed E-state index contributed by atoms with van der Waals surface area (Å²) in [6, 6.07) is -0.580. The number of carbonyl (C=O) groups is 1. The minimum Gasteiger partial charge on any atom is -0.376 e. The minimum atomic E-state index is -0.319. The van der Waals surface area contributed by atoms with E-state index in [1.165, 1.54) is 19.3 Å². The van der Waals surface area contributed by atoms with Crippen LogP contribution in [-0.4, -0.2) is 35.4 Å². The molecule has 1 aromatic heterocycles. The van der Waals surface area contributed by atoms with Gasteiger partial charge in [0.1, 0.15) is 6.04 Å². The molecule has 1 aliphatic carbocycles. The van der Waals surface area contributed by atoms with Crippen LogP contribution in [0, 0.1) is 12.8 Å². The highest BCUT2D eigenvalue weighted by atomic mass is 16.5. The summed E-state index contributed by atoms with van der Waals surface area (Å²) >= 11 is 0. The van der Waals surface area contributed by atoms with E-state index in [1.54, 1.807) is 13.8 Å². The van der Waals surface area contributed by atoms with Crippen molar-refractivity contribution >= 4 is 6.03 Å². The summed E-state index contributed by atoms with van der Waals surface area (Å²) in [5.74, 6) is 1.57. The van der Waals surface area contributed by atoms with E-state index in [4.69, 9.17) is 9.26 Å². The van der Waals surface area contributed by atoms with E-state index in [9.17, 15) is 4.79 Å². The summed E-state index contributed by atoms with van der Waals surface area (Å²) in [5, 5.41) is 9.24. The molecule has 1 heterocycles. The second-order valence-corrected chi connectivity index (χ2v) is 5.97. The Labute approximate surface area is 131 Å². The Balaban J connectivity index is 1.61. The second kappa shape index (κ2) is 8.12. The van der Waals surface area contributed by atoms with E-state index < -0.39 is 0 Å². The lowest BCUT2D eigenvalue weighted by molar-refractivity contribution is -0.00245. The van der Waals surface area contributed by atoms with Crippen LogP contribution in [0.3, 0.4) is 0 Å². The van der Waals surface area contributed by atoms with Gasteiger partial charge in [-0.25, -0.2) is 4.79 Å². The lowest BCUT2D eigenvalue weighted by Crippen LogP contribution is -2.39. The van der Waals surface area contributed by atoms with Gasteiger partial charge in [-0.1, -0.05) is 24.9 Å². The molecule has 124 valence electrons. The van der Waals surface area contributed by atoms with Gasteiger partial charge < -0.3 is 19.9 Å². The number of aryl methyl sites for hydroxylation is 1. The largest absolute Gasteiger partial charge is 0.376 e. The number of urea groups is 1. The molecule has 1 saturated carbocycles. The van der Waals surface area contributed by atoms with Gasteiger partial charge in [-0.3, -0.25) is 0 Å². The SMILES string of the molecule is Cc1noc([C@H](C)NC(=O)NCCO[C@H]2CCCC[C@@H]2C)n1. The molecule has 2 rings (SSSR count). The third-order valence-electron chi connectivity index (χ3n) is 4.01. The zero-order chi connectivity index (χ0) is 15.9. The monoisotopic (exact) mass is 310 g/mol. The Kier molecular flexibility index (Phi) is 6.18. The van der Waals surface area contributed by atoms with E-state index in [1.807, 2.05) is 0 Å². The Morgan fingerprint density at radius 3 is 2.91 bits per heavy atom. The summed E-state index contributed by atoms with van der Waals surface area (Å²) < 4.78 is 10.9. The van der Waals surface area contributed by atoms with Crippen LogP contribution in [0.4, 0.5) is 4.79 Å². The van der Waals surface area contributed by atoms with Crippen molar-refractivity contribution in [2.45, 2.75) is 58.6 Å². The predicted octanol–water partition coefficient (Wildman–Crippen LogP) is 2.33. The van der Waals surface area contributed by atoms with Crippen LogP contribution in [-0.2, 0) is 4.74 Å². The fourth-order valence-corrected chi connectivity index (χ4v) is 2.70. The third kappa shape index (κ3) is 4.98. The number of ether oxygens (including phenoxy) is 1. The highest BCUT2D eigenvalue weighted by Crippen LogP contribution is 2.25. The van der Waals surface area contributed by atoms with Gasteiger partial charge in [0.05, 0.1) is 12.7 Å². The van der Waals surface area contributed by atoms with Gasteiger partial charge in [0, 0.05) is 6.54 Å². The zero-order valence-corrected chi connectivity index (χ0v) is 13.6. The quantitative estimate of drug-likeness (QED) is 0.787. The van der Waals surface area contributed by atoms with Gasteiger partial charge in [0.15, 0.2) is 5.82 Å². The molecule has 0 aliphatic heterocycles. The number of carbonyl (C=O) groups excluding carboxylic acids is 1. The van der Waals surface area contributed by atoms with E-state index in [0.29, 0.717) is 36.9 Å². The predicted molar refractivity (Wildman–Crippen MR) is 81.4 cm³/mol. The minimum absolute atomic E-state index is 0.261. The van der Waals surface area contributed by atoms with Gasteiger partial charge >= 0.3 is 6.03 Å². The fourth-order valence-electron chi connectivity index (χ4n) is 2.70. The number of aromatic nitrogens is 2. The van der Waals surface area contributed by atoms with E-state index in [0.717, 1.165) is 6.42 Å². The van der Waals surface area contributed by atoms with Crippen molar-refractivity contribution in [2.24, 2.45) is 5.92 Å². The molecule has 0 spiro atoms. The molecule has 1 aliphatic rings. The van der Waals surface area contributed by atoms with Gasteiger partial charge in [-0.2, -0.15) is 4.98 Å². The molecule has 2 N–H and O–H groups in total. The van der Waals surface area contributed by atoms with Crippen molar-refractivity contribution < 1.29 is 14.1 Å². The number of amides is 2. The number of hydrogen-bond donors (Lipinski definition) is 2.